The van der Waals surface area contributed by atoms with Crippen LogP contribution in [-0.4, -0.2) is 13.1 Å². The van der Waals surface area contributed by atoms with E-state index in [0.717, 1.165) is 16.9 Å². The van der Waals surface area contributed by atoms with E-state index < -0.39 is 0 Å². The van der Waals surface area contributed by atoms with E-state index in [1.165, 1.54) is 7.11 Å². The zero-order valence-corrected chi connectivity index (χ0v) is 12.2. The molecule has 0 heterocycles. The van der Waals surface area contributed by atoms with Crippen LogP contribution < -0.4 is 10.5 Å². The summed E-state index contributed by atoms with van der Waals surface area (Å²) < 4.78 is 10.4. The van der Waals surface area contributed by atoms with Crippen LogP contribution in [-0.2, 0) is 11.3 Å². The summed E-state index contributed by atoms with van der Waals surface area (Å²) in [5.74, 6) is 0.449. The van der Waals surface area contributed by atoms with Gasteiger partial charge >= 0.3 is 5.97 Å². The molecule has 0 aliphatic rings. The van der Waals surface area contributed by atoms with E-state index >= 15 is 0 Å². The van der Waals surface area contributed by atoms with Gasteiger partial charge in [0.15, 0.2) is 0 Å². The van der Waals surface area contributed by atoms with Gasteiger partial charge in [0.25, 0.3) is 0 Å². The molecular weight excluding hydrogens is 266 g/mol. The summed E-state index contributed by atoms with van der Waals surface area (Å²) >= 11 is 0. The maximum atomic E-state index is 11.3. The SMILES string of the molecule is COC(=O)c1ccc(COc2ccc(C(C)N)cc2)cc1. The fraction of sp³-hybridized carbons (Fsp3) is 0.235. The van der Waals surface area contributed by atoms with Gasteiger partial charge in [0.05, 0.1) is 12.7 Å². The van der Waals surface area contributed by atoms with Crippen molar-refractivity contribution in [3.63, 3.8) is 0 Å². The molecule has 2 N–H and O–H groups in total. The summed E-state index contributed by atoms with van der Waals surface area (Å²) in [6.07, 6.45) is 0. The maximum Gasteiger partial charge on any atom is 0.337 e. The third-order valence-corrected chi connectivity index (χ3v) is 3.19. The van der Waals surface area contributed by atoms with Gasteiger partial charge in [-0.1, -0.05) is 24.3 Å². The van der Waals surface area contributed by atoms with E-state index in [1.54, 1.807) is 12.1 Å². The van der Waals surface area contributed by atoms with E-state index in [4.69, 9.17) is 10.5 Å². The van der Waals surface area contributed by atoms with Gasteiger partial charge in [0.1, 0.15) is 12.4 Å². The van der Waals surface area contributed by atoms with Gasteiger partial charge in [-0.2, -0.15) is 0 Å². The predicted molar refractivity (Wildman–Crippen MR) is 81.2 cm³/mol. The summed E-state index contributed by atoms with van der Waals surface area (Å²) in [5.41, 5.74) is 8.39. The van der Waals surface area contributed by atoms with Crippen molar-refractivity contribution >= 4 is 5.97 Å². The highest BCUT2D eigenvalue weighted by molar-refractivity contribution is 5.89. The molecule has 0 saturated heterocycles. The molecule has 0 bridgehead atoms. The van der Waals surface area contributed by atoms with Gasteiger partial charge in [-0.15, -0.1) is 0 Å². The van der Waals surface area contributed by atoms with Gasteiger partial charge in [-0.05, 0) is 42.3 Å². The molecule has 0 aliphatic heterocycles. The fourth-order valence-electron chi connectivity index (χ4n) is 1.89. The zero-order valence-electron chi connectivity index (χ0n) is 12.2. The monoisotopic (exact) mass is 285 g/mol. The second kappa shape index (κ2) is 6.90. The van der Waals surface area contributed by atoms with Gasteiger partial charge in [0.2, 0.25) is 0 Å². The van der Waals surface area contributed by atoms with Gasteiger partial charge in [0, 0.05) is 6.04 Å². The molecule has 110 valence electrons. The van der Waals surface area contributed by atoms with Crippen LogP contribution in [0.2, 0.25) is 0 Å². The van der Waals surface area contributed by atoms with E-state index in [-0.39, 0.29) is 12.0 Å². The third kappa shape index (κ3) is 4.07. The van der Waals surface area contributed by atoms with Crippen LogP contribution in [0, 0.1) is 0 Å². The lowest BCUT2D eigenvalue weighted by Gasteiger charge is -2.09. The van der Waals surface area contributed by atoms with Crippen molar-refractivity contribution in [1.29, 1.82) is 0 Å². The molecule has 2 rings (SSSR count). The maximum absolute atomic E-state index is 11.3. The minimum Gasteiger partial charge on any atom is -0.489 e. The average Bonchev–Trinajstić information content (AvgIpc) is 2.53. The number of rotatable bonds is 5. The Morgan fingerprint density at radius 3 is 2.24 bits per heavy atom. The first-order valence-electron chi connectivity index (χ1n) is 6.75. The highest BCUT2D eigenvalue weighted by Gasteiger charge is 2.05. The standard InChI is InChI=1S/C17H19NO3/c1-12(18)14-7-9-16(10-8-14)21-11-13-3-5-15(6-4-13)17(19)20-2/h3-10,12H,11,18H2,1-2H3. The largest absolute Gasteiger partial charge is 0.489 e. The molecule has 0 aromatic heterocycles. The predicted octanol–water partition coefficient (Wildman–Crippen LogP) is 3.07. The van der Waals surface area contributed by atoms with E-state index in [1.807, 2.05) is 43.3 Å². The number of esters is 1. The van der Waals surface area contributed by atoms with E-state index in [0.29, 0.717) is 12.2 Å². The summed E-state index contributed by atoms with van der Waals surface area (Å²) in [6.45, 7) is 2.39. The van der Waals surface area contributed by atoms with Crippen LogP contribution in [0.15, 0.2) is 48.5 Å². The van der Waals surface area contributed by atoms with Crippen molar-refractivity contribution in [2.24, 2.45) is 5.73 Å². The number of hydrogen-bond acceptors (Lipinski definition) is 4. The minimum absolute atomic E-state index is 0.0184. The molecule has 0 fully saturated rings. The summed E-state index contributed by atoms with van der Waals surface area (Å²) in [6, 6.07) is 14.9. The Morgan fingerprint density at radius 1 is 1.10 bits per heavy atom. The molecule has 21 heavy (non-hydrogen) atoms. The first-order chi connectivity index (χ1) is 10.1. The lowest BCUT2D eigenvalue weighted by atomic mass is 10.1. The zero-order chi connectivity index (χ0) is 15.2. The van der Waals surface area contributed by atoms with E-state index in [2.05, 4.69) is 4.74 Å². The molecule has 2 aromatic rings. The van der Waals surface area contributed by atoms with Crippen LogP contribution in [0.4, 0.5) is 0 Å². The second-order valence-electron chi connectivity index (χ2n) is 4.83. The molecule has 0 amide bonds. The first kappa shape index (κ1) is 15.1. The lowest BCUT2D eigenvalue weighted by Crippen LogP contribution is -2.04. The van der Waals surface area contributed by atoms with Crippen molar-refractivity contribution in [3.8, 4) is 5.75 Å². The number of nitrogens with two attached hydrogens (primary N) is 1. The van der Waals surface area contributed by atoms with Crippen LogP contribution in [0.1, 0.15) is 34.5 Å². The van der Waals surface area contributed by atoms with Crippen LogP contribution in [0.25, 0.3) is 0 Å². The summed E-state index contributed by atoms with van der Waals surface area (Å²) in [5, 5.41) is 0. The molecular formula is C17H19NO3. The fourth-order valence-corrected chi connectivity index (χ4v) is 1.89. The number of hydrogen-bond donors (Lipinski definition) is 1. The molecule has 0 radical (unpaired) electrons. The van der Waals surface area contributed by atoms with Crippen molar-refractivity contribution in [2.45, 2.75) is 19.6 Å². The lowest BCUT2D eigenvalue weighted by molar-refractivity contribution is 0.0600. The quantitative estimate of drug-likeness (QED) is 0.858. The van der Waals surface area contributed by atoms with Crippen LogP contribution in [0.3, 0.4) is 0 Å². The third-order valence-electron chi connectivity index (χ3n) is 3.19. The molecule has 1 atom stereocenters. The topological polar surface area (TPSA) is 61.5 Å². The van der Waals surface area contributed by atoms with Gasteiger partial charge < -0.3 is 15.2 Å². The Kier molecular flexibility index (Phi) is 4.95. The summed E-state index contributed by atoms with van der Waals surface area (Å²) in [4.78, 5) is 11.3. The molecule has 4 nitrogen and oxygen atoms in total. The average molecular weight is 285 g/mol. The molecule has 0 aliphatic carbocycles. The van der Waals surface area contributed by atoms with Crippen LogP contribution in [0.5, 0.6) is 5.75 Å². The molecule has 2 aromatic carbocycles. The van der Waals surface area contributed by atoms with Crippen molar-refractivity contribution in [2.75, 3.05) is 7.11 Å². The molecule has 1 unspecified atom stereocenters. The Bertz CT molecular complexity index is 588. The number of ether oxygens (including phenoxy) is 2. The van der Waals surface area contributed by atoms with E-state index in [9.17, 15) is 4.79 Å². The number of carbonyl (C=O) groups excluding carboxylic acids is 1. The molecule has 0 saturated carbocycles. The Labute approximate surface area is 124 Å². The minimum atomic E-state index is -0.339. The highest BCUT2D eigenvalue weighted by Crippen LogP contribution is 2.17. The molecule has 0 spiro atoms. The Balaban J connectivity index is 1.95. The number of carbonyl (C=O) groups is 1. The normalized spacial score (nSPS) is 11.8. The van der Waals surface area contributed by atoms with Gasteiger partial charge in [-0.25, -0.2) is 4.79 Å². The Morgan fingerprint density at radius 2 is 1.71 bits per heavy atom. The number of methoxy groups -OCH3 is 1. The van der Waals surface area contributed by atoms with Crippen molar-refractivity contribution in [3.05, 3.63) is 65.2 Å². The number of benzene rings is 2. The first-order valence-corrected chi connectivity index (χ1v) is 6.75. The van der Waals surface area contributed by atoms with Crippen molar-refractivity contribution < 1.29 is 14.3 Å². The second-order valence-corrected chi connectivity index (χ2v) is 4.83. The Hall–Kier alpha value is -2.33. The smallest absolute Gasteiger partial charge is 0.337 e. The van der Waals surface area contributed by atoms with Crippen molar-refractivity contribution in [1.82, 2.24) is 0 Å². The van der Waals surface area contributed by atoms with Gasteiger partial charge in [-0.3, -0.25) is 0 Å². The van der Waals surface area contributed by atoms with Crippen LogP contribution >= 0.6 is 0 Å². The highest BCUT2D eigenvalue weighted by atomic mass is 16.5. The molecule has 4 heteroatoms. The summed E-state index contributed by atoms with van der Waals surface area (Å²) in [7, 11) is 1.37.